The summed E-state index contributed by atoms with van der Waals surface area (Å²) in [6.07, 6.45) is 2.33. The van der Waals surface area contributed by atoms with Crippen LogP contribution < -0.4 is 5.32 Å². The van der Waals surface area contributed by atoms with Crippen LogP contribution in [0.15, 0.2) is 23.2 Å². The Morgan fingerprint density at radius 2 is 2.35 bits per heavy atom. The van der Waals surface area contributed by atoms with E-state index in [0.29, 0.717) is 10.9 Å². The van der Waals surface area contributed by atoms with Crippen molar-refractivity contribution in [3.05, 3.63) is 29.6 Å². The van der Waals surface area contributed by atoms with Crippen molar-refractivity contribution in [3.63, 3.8) is 0 Å². The van der Waals surface area contributed by atoms with E-state index >= 15 is 0 Å². The minimum absolute atomic E-state index is 0.216. The lowest BCUT2D eigenvalue weighted by Crippen LogP contribution is -2.09. The summed E-state index contributed by atoms with van der Waals surface area (Å²) in [4.78, 5) is 4.42. The first-order valence-electron chi connectivity index (χ1n) is 5.94. The van der Waals surface area contributed by atoms with E-state index < -0.39 is 0 Å². The Balaban J connectivity index is 2.03. The number of hydrogen-bond donors (Lipinski definition) is 1. The van der Waals surface area contributed by atoms with Crippen molar-refractivity contribution in [2.75, 3.05) is 11.9 Å². The standard InChI is InChI=1S/C13H17FN2S/c1-3-5-10-8-15-13(17-10)16-12-9(2)6-4-7-11(12)14/h4,6-7,10H,3,5,8H2,1-2H3,(H,15,16). The van der Waals surface area contributed by atoms with Gasteiger partial charge in [0.2, 0.25) is 0 Å². The lowest BCUT2D eigenvalue weighted by Gasteiger charge is -2.10. The lowest BCUT2D eigenvalue weighted by molar-refractivity contribution is 0.631. The highest BCUT2D eigenvalue weighted by Crippen LogP contribution is 2.27. The van der Waals surface area contributed by atoms with Crippen LogP contribution in [0.25, 0.3) is 0 Å². The molecule has 1 aromatic carbocycles. The van der Waals surface area contributed by atoms with Gasteiger partial charge >= 0.3 is 0 Å². The molecule has 1 aromatic rings. The average Bonchev–Trinajstić information content (AvgIpc) is 2.72. The number of thioether (sulfide) groups is 1. The van der Waals surface area contributed by atoms with Crippen LogP contribution in [0.2, 0.25) is 0 Å². The van der Waals surface area contributed by atoms with Crippen molar-refractivity contribution in [1.29, 1.82) is 0 Å². The molecule has 0 aliphatic carbocycles. The highest BCUT2D eigenvalue weighted by atomic mass is 32.2. The molecule has 0 bridgehead atoms. The maximum atomic E-state index is 13.6. The van der Waals surface area contributed by atoms with Crippen molar-refractivity contribution in [3.8, 4) is 0 Å². The lowest BCUT2D eigenvalue weighted by atomic mass is 10.2. The zero-order valence-electron chi connectivity index (χ0n) is 10.2. The fraction of sp³-hybridized carbons (Fsp3) is 0.462. The number of para-hydroxylation sites is 1. The number of rotatable bonds is 3. The van der Waals surface area contributed by atoms with Crippen molar-refractivity contribution >= 4 is 22.6 Å². The van der Waals surface area contributed by atoms with Crippen LogP contribution in [0.5, 0.6) is 0 Å². The van der Waals surface area contributed by atoms with Crippen LogP contribution in [0.4, 0.5) is 10.1 Å². The molecule has 0 amide bonds. The summed E-state index contributed by atoms with van der Waals surface area (Å²) >= 11 is 1.72. The Kier molecular flexibility index (Phi) is 4.05. The van der Waals surface area contributed by atoms with Crippen LogP contribution in [-0.2, 0) is 0 Å². The van der Waals surface area contributed by atoms with Gasteiger partial charge in [0.15, 0.2) is 5.17 Å². The van der Waals surface area contributed by atoms with E-state index in [1.54, 1.807) is 17.8 Å². The highest BCUT2D eigenvalue weighted by molar-refractivity contribution is 8.15. The molecule has 2 rings (SSSR count). The number of anilines is 1. The summed E-state index contributed by atoms with van der Waals surface area (Å²) in [5, 5.41) is 4.50. The third kappa shape index (κ3) is 3.00. The molecular formula is C13H17FN2S. The third-order valence-corrected chi connectivity index (χ3v) is 3.95. The number of benzene rings is 1. The molecule has 0 spiro atoms. The van der Waals surface area contributed by atoms with Gasteiger partial charge in [0, 0.05) is 5.25 Å². The van der Waals surface area contributed by atoms with Crippen LogP contribution in [0.1, 0.15) is 25.3 Å². The largest absolute Gasteiger partial charge is 0.332 e. The summed E-state index contributed by atoms with van der Waals surface area (Å²) in [5.74, 6) is -0.216. The smallest absolute Gasteiger partial charge is 0.161 e. The van der Waals surface area contributed by atoms with E-state index in [0.717, 1.165) is 23.7 Å². The summed E-state index contributed by atoms with van der Waals surface area (Å²) in [7, 11) is 0. The fourth-order valence-corrected chi connectivity index (χ4v) is 2.98. The number of amidine groups is 1. The normalized spacial score (nSPS) is 19.2. The van der Waals surface area contributed by atoms with Gasteiger partial charge in [-0.05, 0) is 25.0 Å². The maximum Gasteiger partial charge on any atom is 0.161 e. The summed E-state index contributed by atoms with van der Waals surface area (Å²) in [5.41, 5.74) is 1.46. The van der Waals surface area contributed by atoms with Gasteiger partial charge in [0.1, 0.15) is 5.82 Å². The molecule has 1 heterocycles. The van der Waals surface area contributed by atoms with Crippen LogP contribution >= 0.6 is 11.8 Å². The molecule has 17 heavy (non-hydrogen) atoms. The number of aliphatic imine (C=N–C) groups is 1. The molecule has 1 aliphatic heterocycles. The number of halogens is 1. The number of nitrogens with zero attached hydrogens (tertiary/aromatic N) is 1. The Labute approximate surface area is 106 Å². The quantitative estimate of drug-likeness (QED) is 0.884. The van der Waals surface area contributed by atoms with E-state index in [2.05, 4.69) is 17.2 Å². The van der Waals surface area contributed by atoms with Crippen LogP contribution in [0, 0.1) is 12.7 Å². The van der Waals surface area contributed by atoms with E-state index in [4.69, 9.17) is 0 Å². The molecule has 0 aromatic heterocycles. The maximum absolute atomic E-state index is 13.6. The molecule has 1 N–H and O–H groups in total. The van der Waals surface area contributed by atoms with E-state index in [9.17, 15) is 4.39 Å². The number of aryl methyl sites for hydroxylation is 1. The second-order valence-corrected chi connectivity index (χ2v) is 5.52. The molecule has 0 saturated heterocycles. The molecule has 92 valence electrons. The summed E-state index contributed by atoms with van der Waals surface area (Å²) in [6.45, 7) is 4.91. The third-order valence-electron chi connectivity index (χ3n) is 2.78. The molecule has 4 heteroatoms. The van der Waals surface area contributed by atoms with E-state index in [1.807, 2.05) is 13.0 Å². The number of nitrogens with one attached hydrogen (secondary N) is 1. The van der Waals surface area contributed by atoms with E-state index in [1.165, 1.54) is 12.5 Å². The molecule has 1 unspecified atom stereocenters. The first kappa shape index (κ1) is 12.4. The number of hydrogen-bond acceptors (Lipinski definition) is 3. The van der Waals surface area contributed by atoms with Gasteiger partial charge in [-0.1, -0.05) is 37.2 Å². The fourth-order valence-electron chi connectivity index (χ4n) is 1.86. The van der Waals surface area contributed by atoms with Crippen LogP contribution in [0.3, 0.4) is 0 Å². The predicted octanol–water partition coefficient (Wildman–Crippen LogP) is 3.82. The minimum Gasteiger partial charge on any atom is -0.332 e. The van der Waals surface area contributed by atoms with Gasteiger partial charge in [-0.25, -0.2) is 4.39 Å². The second kappa shape index (κ2) is 5.54. The molecule has 0 radical (unpaired) electrons. The Bertz CT molecular complexity index is 411. The van der Waals surface area contributed by atoms with Gasteiger partial charge in [-0.3, -0.25) is 4.99 Å². The van der Waals surface area contributed by atoms with Crippen LogP contribution in [-0.4, -0.2) is 17.0 Å². The zero-order valence-corrected chi connectivity index (χ0v) is 11.0. The van der Waals surface area contributed by atoms with E-state index in [-0.39, 0.29) is 5.82 Å². The Hall–Kier alpha value is -1.03. The molecular weight excluding hydrogens is 235 g/mol. The Morgan fingerprint density at radius 3 is 3.06 bits per heavy atom. The predicted molar refractivity (Wildman–Crippen MR) is 73.3 cm³/mol. The first-order valence-corrected chi connectivity index (χ1v) is 6.82. The van der Waals surface area contributed by atoms with Gasteiger partial charge in [0.05, 0.1) is 12.2 Å². The SMILES string of the molecule is CCCC1CN=C(Nc2c(C)cccc2F)S1. The average molecular weight is 252 g/mol. The van der Waals surface area contributed by atoms with Gasteiger partial charge in [-0.2, -0.15) is 0 Å². The molecule has 1 atom stereocenters. The topological polar surface area (TPSA) is 24.4 Å². The van der Waals surface area contributed by atoms with Gasteiger partial charge in [-0.15, -0.1) is 0 Å². The van der Waals surface area contributed by atoms with Gasteiger partial charge < -0.3 is 5.32 Å². The molecule has 0 saturated carbocycles. The zero-order chi connectivity index (χ0) is 12.3. The molecule has 0 fully saturated rings. The summed E-state index contributed by atoms with van der Waals surface area (Å²) < 4.78 is 13.6. The Morgan fingerprint density at radius 1 is 1.53 bits per heavy atom. The summed E-state index contributed by atoms with van der Waals surface area (Å²) in [6, 6.07) is 5.09. The van der Waals surface area contributed by atoms with Crippen molar-refractivity contribution in [2.45, 2.75) is 31.9 Å². The molecule has 1 aliphatic rings. The minimum atomic E-state index is -0.216. The highest BCUT2D eigenvalue weighted by Gasteiger charge is 2.19. The second-order valence-electron chi connectivity index (χ2n) is 4.23. The van der Waals surface area contributed by atoms with Crippen molar-refractivity contribution < 1.29 is 4.39 Å². The van der Waals surface area contributed by atoms with Crippen molar-refractivity contribution in [1.82, 2.24) is 0 Å². The van der Waals surface area contributed by atoms with Crippen molar-refractivity contribution in [2.24, 2.45) is 4.99 Å². The first-order chi connectivity index (χ1) is 8.20. The monoisotopic (exact) mass is 252 g/mol. The van der Waals surface area contributed by atoms with Gasteiger partial charge in [0.25, 0.3) is 0 Å². The molecule has 2 nitrogen and oxygen atoms in total.